The van der Waals surface area contributed by atoms with Crippen molar-refractivity contribution < 1.29 is 4.79 Å². The number of nitrogens with zero attached hydrogens (tertiary/aromatic N) is 1. The number of fused-ring (bicyclic) bond motifs is 2. The van der Waals surface area contributed by atoms with Gasteiger partial charge in [0.25, 0.3) is 5.91 Å². The average Bonchev–Trinajstić information content (AvgIpc) is 2.45. The molecule has 98 valence electrons. The molecular formula is C18H15NO. The predicted octanol–water partition coefficient (Wildman–Crippen LogP) is 3.46. The van der Waals surface area contributed by atoms with Gasteiger partial charge in [-0.25, -0.2) is 0 Å². The summed E-state index contributed by atoms with van der Waals surface area (Å²) in [6.45, 7) is 4.04. The Morgan fingerprint density at radius 3 is 2.25 bits per heavy atom. The molecule has 0 bridgehead atoms. The first-order valence-corrected chi connectivity index (χ1v) is 6.72. The van der Waals surface area contributed by atoms with Crippen LogP contribution in [0.2, 0.25) is 0 Å². The van der Waals surface area contributed by atoms with Crippen molar-refractivity contribution >= 4 is 11.6 Å². The van der Waals surface area contributed by atoms with Gasteiger partial charge in [-0.3, -0.25) is 4.79 Å². The summed E-state index contributed by atoms with van der Waals surface area (Å²) in [4.78, 5) is 14.7. The summed E-state index contributed by atoms with van der Waals surface area (Å²) in [6.07, 6.45) is 0. The lowest BCUT2D eigenvalue weighted by Crippen LogP contribution is -2.38. The van der Waals surface area contributed by atoms with Gasteiger partial charge < -0.3 is 4.90 Å². The van der Waals surface area contributed by atoms with Crippen LogP contribution in [0.25, 0.3) is 0 Å². The van der Waals surface area contributed by atoms with E-state index in [0.29, 0.717) is 5.56 Å². The van der Waals surface area contributed by atoms with Gasteiger partial charge in [0.15, 0.2) is 0 Å². The van der Waals surface area contributed by atoms with E-state index >= 15 is 0 Å². The quantitative estimate of drug-likeness (QED) is 0.720. The van der Waals surface area contributed by atoms with Gasteiger partial charge in [0.05, 0.1) is 11.3 Å². The topological polar surface area (TPSA) is 20.3 Å². The first kappa shape index (κ1) is 12.5. The summed E-state index contributed by atoms with van der Waals surface area (Å²) < 4.78 is 0. The van der Waals surface area contributed by atoms with E-state index in [4.69, 9.17) is 0 Å². The third-order valence-corrected chi connectivity index (χ3v) is 3.39. The summed E-state index contributed by atoms with van der Waals surface area (Å²) >= 11 is 0. The molecule has 0 radical (unpaired) electrons. The predicted molar refractivity (Wildman–Crippen MR) is 80.8 cm³/mol. The number of rotatable bonds is 1. The highest BCUT2D eigenvalue weighted by atomic mass is 16.2. The molecule has 3 rings (SSSR count). The van der Waals surface area contributed by atoms with Gasteiger partial charge in [-0.2, -0.15) is 0 Å². The number of anilines is 1. The van der Waals surface area contributed by atoms with Crippen LogP contribution in [0, 0.1) is 11.8 Å². The van der Waals surface area contributed by atoms with E-state index in [-0.39, 0.29) is 11.9 Å². The normalized spacial score (nSPS) is 12.9. The molecule has 0 aliphatic carbocycles. The minimum absolute atomic E-state index is 0.0112. The standard InChI is InChI=1S/C18H15NO/c1-13(2)19-17-10-6-4-8-15(17)12-11-14-7-3-5-9-16(14)18(19)20/h3-10,13H,1-2H3. The van der Waals surface area contributed by atoms with Gasteiger partial charge >= 0.3 is 0 Å². The van der Waals surface area contributed by atoms with E-state index in [2.05, 4.69) is 11.8 Å². The second-order valence-corrected chi connectivity index (χ2v) is 5.08. The van der Waals surface area contributed by atoms with Crippen molar-refractivity contribution in [1.82, 2.24) is 0 Å². The molecule has 2 aromatic rings. The maximum absolute atomic E-state index is 12.9. The molecular weight excluding hydrogens is 246 g/mol. The molecule has 1 heterocycles. The Bertz CT molecular complexity index is 734. The van der Waals surface area contributed by atoms with Gasteiger partial charge in [-0.05, 0) is 38.1 Å². The molecule has 0 unspecified atom stereocenters. The zero-order valence-corrected chi connectivity index (χ0v) is 11.6. The van der Waals surface area contributed by atoms with Crippen LogP contribution in [0.4, 0.5) is 5.69 Å². The SMILES string of the molecule is CC(C)N1C(=O)c2ccccc2C#Cc2ccccc21. The Morgan fingerprint density at radius 1 is 0.900 bits per heavy atom. The van der Waals surface area contributed by atoms with E-state index < -0.39 is 0 Å². The first-order chi connectivity index (χ1) is 9.68. The van der Waals surface area contributed by atoms with Crippen molar-refractivity contribution in [3.05, 3.63) is 65.2 Å². The smallest absolute Gasteiger partial charge is 0.259 e. The van der Waals surface area contributed by atoms with Crippen LogP contribution in [0.15, 0.2) is 48.5 Å². The molecule has 0 aromatic heterocycles. The molecule has 0 saturated carbocycles. The number of benzene rings is 2. The Balaban J connectivity index is 2.30. The largest absolute Gasteiger partial charge is 0.305 e. The van der Waals surface area contributed by atoms with Gasteiger partial charge in [0.1, 0.15) is 0 Å². The van der Waals surface area contributed by atoms with Gasteiger partial charge in [0.2, 0.25) is 0 Å². The van der Waals surface area contributed by atoms with Gasteiger partial charge in [-0.1, -0.05) is 36.1 Å². The van der Waals surface area contributed by atoms with E-state index in [0.717, 1.165) is 16.8 Å². The summed E-state index contributed by atoms with van der Waals surface area (Å²) in [6, 6.07) is 15.4. The third kappa shape index (κ3) is 1.98. The maximum atomic E-state index is 12.9. The van der Waals surface area contributed by atoms with Crippen molar-refractivity contribution in [3.8, 4) is 11.8 Å². The second kappa shape index (κ2) is 4.86. The second-order valence-electron chi connectivity index (χ2n) is 5.08. The molecule has 0 spiro atoms. The number of amides is 1. The summed E-state index contributed by atoms with van der Waals surface area (Å²) in [5.74, 6) is 6.31. The fraction of sp³-hybridized carbons (Fsp3) is 0.167. The van der Waals surface area contributed by atoms with Crippen LogP contribution >= 0.6 is 0 Å². The Kier molecular flexibility index (Phi) is 3.04. The van der Waals surface area contributed by atoms with Crippen molar-refractivity contribution in [3.63, 3.8) is 0 Å². The molecule has 0 fully saturated rings. The average molecular weight is 261 g/mol. The molecule has 2 heteroatoms. The molecule has 2 nitrogen and oxygen atoms in total. The van der Waals surface area contributed by atoms with E-state index in [1.165, 1.54) is 0 Å². The lowest BCUT2D eigenvalue weighted by atomic mass is 10.0. The molecule has 1 amide bonds. The Hall–Kier alpha value is -2.53. The number of hydrogen-bond acceptors (Lipinski definition) is 1. The summed E-state index contributed by atoms with van der Waals surface area (Å²) in [5, 5.41) is 0. The van der Waals surface area contributed by atoms with E-state index in [1.807, 2.05) is 67.3 Å². The van der Waals surface area contributed by atoms with Crippen LogP contribution in [0.1, 0.15) is 35.3 Å². The first-order valence-electron chi connectivity index (χ1n) is 6.72. The lowest BCUT2D eigenvalue weighted by Gasteiger charge is -2.29. The fourth-order valence-electron chi connectivity index (χ4n) is 2.45. The highest BCUT2D eigenvalue weighted by Gasteiger charge is 2.25. The highest BCUT2D eigenvalue weighted by Crippen LogP contribution is 2.26. The van der Waals surface area contributed by atoms with E-state index in [9.17, 15) is 4.79 Å². The van der Waals surface area contributed by atoms with Crippen LogP contribution < -0.4 is 4.90 Å². The number of hydrogen-bond donors (Lipinski definition) is 0. The van der Waals surface area contributed by atoms with Crippen molar-refractivity contribution in [2.75, 3.05) is 4.90 Å². The van der Waals surface area contributed by atoms with Crippen molar-refractivity contribution in [2.45, 2.75) is 19.9 Å². The number of carbonyl (C=O) groups is 1. The van der Waals surface area contributed by atoms with Crippen LogP contribution in [-0.2, 0) is 0 Å². The molecule has 1 aliphatic heterocycles. The fourth-order valence-corrected chi connectivity index (χ4v) is 2.45. The number of carbonyl (C=O) groups excluding carboxylic acids is 1. The van der Waals surface area contributed by atoms with E-state index in [1.54, 1.807) is 0 Å². The van der Waals surface area contributed by atoms with Gasteiger partial charge in [-0.15, -0.1) is 0 Å². The van der Waals surface area contributed by atoms with Crippen molar-refractivity contribution in [1.29, 1.82) is 0 Å². The minimum atomic E-state index is 0.0112. The Labute approximate surface area is 119 Å². The molecule has 2 aromatic carbocycles. The number of para-hydroxylation sites is 1. The lowest BCUT2D eigenvalue weighted by molar-refractivity contribution is 0.0980. The maximum Gasteiger partial charge on any atom is 0.259 e. The zero-order valence-electron chi connectivity index (χ0n) is 11.6. The monoisotopic (exact) mass is 261 g/mol. The van der Waals surface area contributed by atoms with Gasteiger partial charge in [0, 0.05) is 17.2 Å². The zero-order chi connectivity index (χ0) is 14.1. The van der Waals surface area contributed by atoms with Crippen molar-refractivity contribution in [2.24, 2.45) is 0 Å². The summed E-state index contributed by atoms with van der Waals surface area (Å²) in [5.41, 5.74) is 3.24. The molecule has 0 N–H and O–H groups in total. The van der Waals surface area contributed by atoms with Crippen LogP contribution in [0.3, 0.4) is 0 Å². The minimum Gasteiger partial charge on any atom is -0.305 e. The molecule has 0 saturated heterocycles. The highest BCUT2D eigenvalue weighted by molar-refractivity contribution is 6.09. The third-order valence-electron chi connectivity index (χ3n) is 3.39. The molecule has 1 aliphatic rings. The van der Waals surface area contributed by atoms with Crippen LogP contribution in [-0.4, -0.2) is 11.9 Å². The summed E-state index contributed by atoms with van der Waals surface area (Å²) in [7, 11) is 0. The molecule has 20 heavy (non-hydrogen) atoms. The Morgan fingerprint density at radius 2 is 1.50 bits per heavy atom. The van der Waals surface area contributed by atoms with Crippen LogP contribution in [0.5, 0.6) is 0 Å². The molecule has 0 atom stereocenters.